The normalized spacial score (nSPS) is 29.7. The molecule has 5 rings (SSSR count). The highest BCUT2D eigenvalue weighted by molar-refractivity contribution is 6.22. The van der Waals surface area contributed by atoms with Crippen LogP contribution in [0.2, 0.25) is 0 Å². The van der Waals surface area contributed by atoms with E-state index in [9.17, 15) is 14.4 Å². The molecule has 4 atom stereocenters. The summed E-state index contributed by atoms with van der Waals surface area (Å²) in [5.41, 5.74) is 0.979. The minimum absolute atomic E-state index is 0.0921. The van der Waals surface area contributed by atoms with E-state index in [0.29, 0.717) is 23.8 Å². The van der Waals surface area contributed by atoms with Gasteiger partial charge in [-0.05, 0) is 44.0 Å². The maximum absolute atomic E-state index is 13.3. The van der Waals surface area contributed by atoms with Crippen LogP contribution in [0.3, 0.4) is 0 Å². The number of nitrogens with zero attached hydrogens (tertiary/aromatic N) is 3. The number of fused-ring (bicyclic) bond motifs is 4. The molecule has 0 aliphatic carbocycles. The summed E-state index contributed by atoms with van der Waals surface area (Å²) in [5.74, 6) is -0.831. The van der Waals surface area contributed by atoms with E-state index in [1.807, 2.05) is 32.0 Å². The third-order valence-corrected chi connectivity index (χ3v) is 6.57. The number of carbonyl (C=O) groups is 3. The van der Waals surface area contributed by atoms with Gasteiger partial charge in [-0.1, -0.05) is 5.16 Å². The number of piperidine rings is 1. The Kier molecular flexibility index (Phi) is 4.86. The lowest BCUT2D eigenvalue weighted by Gasteiger charge is -2.55. The van der Waals surface area contributed by atoms with Crippen LogP contribution in [0.25, 0.3) is 11.4 Å². The van der Waals surface area contributed by atoms with Crippen LogP contribution >= 0.6 is 0 Å². The van der Waals surface area contributed by atoms with Crippen molar-refractivity contribution in [2.24, 2.45) is 5.41 Å². The number of aliphatic hydroxyl groups excluding tert-OH is 1. The minimum atomic E-state index is -1.42. The molecule has 0 bridgehead atoms. The Hall–Kier alpha value is -3.11. The van der Waals surface area contributed by atoms with Crippen molar-refractivity contribution in [1.82, 2.24) is 15.5 Å². The first-order valence-corrected chi connectivity index (χ1v) is 10.7. The standard InChI is InChI=1S/C22H24N4O6/c1-11-10-26-15-4-3-13(20-24-18(5-6-27)32-25-20)7-14(15)9-22(19(26)12(2)31-11)16(28)8-17(29)23-21(22)30/h3-4,7,11-12,19,27H,5-6,8-10H2,1-2H3,(H,23,29,30)/t11-,12+,19-,22-/m1/s1. The van der Waals surface area contributed by atoms with Crippen LogP contribution in [0.4, 0.5) is 5.69 Å². The molecule has 0 saturated carbocycles. The zero-order valence-corrected chi connectivity index (χ0v) is 17.8. The number of nitrogens with one attached hydrogen (secondary N) is 1. The van der Waals surface area contributed by atoms with Crippen LogP contribution in [0.5, 0.6) is 0 Å². The van der Waals surface area contributed by atoms with Gasteiger partial charge in [-0.15, -0.1) is 0 Å². The first-order chi connectivity index (χ1) is 15.3. The number of hydrogen-bond donors (Lipinski definition) is 2. The van der Waals surface area contributed by atoms with E-state index >= 15 is 0 Å². The monoisotopic (exact) mass is 440 g/mol. The second-order valence-corrected chi connectivity index (χ2v) is 8.70. The number of ketones is 1. The van der Waals surface area contributed by atoms with Gasteiger partial charge >= 0.3 is 0 Å². The molecule has 10 heteroatoms. The van der Waals surface area contributed by atoms with Gasteiger partial charge in [0.1, 0.15) is 5.41 Å². The van der Waals surface area contributed by atoms with E-state index < -0.39 is 23.3 Å². The first-order valence-electron chi connectivity index (χ1n) is 10.7. The van der Waals surface area contributed by atoms with Crippen molar-refractivity contribution in [3.63, 3.8) is 0 Å². The van der Waals surface area contributed by atoms with Gasteiger partial charge in [0.2, 0.25) is 23.5 Å². The summed E-state index contributed by atoms with van der Waals surface area (Å²) < 4.78 is 11.2. The summed E-state index contributed by atoms with van der Waals surface area (Å²) in [4.78, 5) is 44.8. The zero-order valence-electron chi connectivity index (χ0n) is 17.8. The number of imide groups is 1. The fourth-order valence-electron chi connectivity index (χ4n) is 5.35. The molecule has 2 amide bonds. The Labute approximate surface area is 183 Å². The van der Waals surface area contributed by atoms with Gasteiger partial charge in [0, 0.05) is 17.8 Å². The quantitative estimate of drug-likeness (QED) is 0.514. The van der Waals surface area contributed by atoms with Gasteiger partial charge in [0.25, 0.3) is 0 Å². The summed E-state index contributed by atoms with van der Waals surface area (Å²) in [6, 6.07) is 5.16. The largest absolute Gasteiger partial charge is 0.396 e. The van der Waals surface area contributed by atoms with E-state index in [2.05, 4.69) is 20.4 Å². The summed E-state index contributed by atoms with van der Waals surface area (Å²) in [6.07, 6.45) is -0.394. The highest BCUT2D eigenvalue weighted by Gasteiger charge is 2.62. The van der Waals surface area contributed by atoms with Crippen LogP contribution < -0.4 is 10.2 Å². The van der Waals surface area contributed by atoms with Crippen molar-refractivity contribution in [2.45, 2.75) is 51.4 Å². The molecule has 0 radical (unpaired) electrons. The molecule has 0 unspecified atom stereocenters. The highest BCUT2D eigenvalue weighted by atomic mass is 16.5. The van der Waals surface area contributed by atoms with Gasteiger partial charge < -0.3 is 19.3 Å². The number of hydrogen-bond acceptors (Lipinski definition) is 9. The topological polar surface area (TPSA) is 135 Å². The lowest BCUT2D eigenvalue weighted by Crippen LogP contribution is -2.72. The van der Waals surface area contributed by atoms with E-state index in [1.54, 1.807) is 0 Å². The molecule has 2 N–H and O–H groups in total. The number of morpholine rings is 1. The smallest absolute Gasteiger partial charge is 0.242 e. The number of aromatic nitrogens is 2. The van der Waals surface area contributed by atoms with Crippen LogP contribution in [-0.2, 0) is 32.0 Å². The third kappa shape index (κ3) is 3.05. The van der Waals surface area contributed by atoms with Crippen molar-refractivity contribution in [3.05, 3.63) is 29.7 Å². The van der Waals surface area contributed by atoms with Gasteiger partial charge in [-0.2, -0.15) is 4.98 Å². The number of ether oxygens (including phenoxy) is 1. The van der Waals surface area contributed by atoms with Crippen molar-refractivity contribution in [2.75, 3.05) is 18.1 Å². The Morgan fingerprint density at radius 2 is 2.09 bits per heavy atom. The summed E-state index contributed by atoms with van der Waals surface area (Å²) in [5, 5.41) is 15.4. The Morgan fingerprint density at radius 3 is 2.84 bits per heavy atom. The van der Waals surface area contributed by atoms with E-state index in [0.717, 1.165) is 11.3 Å². The average molecular weight is 440 g/mol. The van der Waals surface area contributed by atoms with E-state index in [-0.39, 0.29) is 43.9 Å². The molecule has 4 heterocycles. The van der Waals surface area contributed by atoms with Crippen LogP contribution in [0.1, 0.15) is 31.7 Å². The number of anilines is 1. The molecule has 10 nitrogen and oxygen atoms in total. The predicted molar refractivity (Wildman–Crippen MR) is 111 cm³/mol. The van der Waals surface area contributed by atoms with E-state index in [4.69, 9.17) is 14.4 Å². The fraction of sp³-hybridized carbons (Fsp3) is 0.500. The Bertz CT molecular complexity index is 1090. The molecule has 168 valence electrons. The van der Waals surface area contributed by atoms with Crippen molar-refractivity contribution in [1.29, 1.82) is 0 Å². The Balaban J connectivity index is 1.62. The first kappa shape index (κ1) is 20.8. The predicted octanol–water partition coefficient (Wildman–Crippen LogP) is 0.412. The Morgan fingerprint density at radius 1 is 1.28 bits per heavy atom. The SMILES string of the molecule is C[C@@H]1CN2c3ccc(-c4noc(CCO)n4)cc3C[C@@]3(C(=O)CC(=O)NC3=O)[C@H]2[C@H](C)O1. The van der Waals surface area contributed by atoms with Crippen molar-refractivity contribution >= 4 is 23.3 Å². The average Bonchev–Trinajstić information content (AvgIpc) is 3.20. The molecular weight excluding hydrogens is 416 g/mol. The molecule has 1 aromatic carbocycles. The molecule has 1 aromatic heterocycles. The van der Waals surface area contributed by atoms with Gasteiger partial charge in [0.15, 0.2) is 5.78 Å². The van der Waals surface area contributed by atoms with Crippen LogP contribution in [0, 0.1) is 5.41 Å². The van der Waals surface area contributed by atoms with E-state index in [1.165, 1.54) is 0 Å². The number of benzene rings is 1. The zero-order chi connectivity index (χ0) is 22.6. The second-order valence-electron chi connectivity index (χ2n) is 8.70. The van der Waals surface area contributed by atoms with Crippen molar-refractivity contribution < 1.29 is 28.8 Å². The molecule has 2 saturated heterocycles. The molecule has 32 heavy (non-hydrogen) atoms. The molecule has 3 aliphatic rings. The van der Waals surface area contributed by atoms with Crippen LogP contribution in [0.15, 0.2) is 22.7 Å². The number of carbonyl (C=O) groups excluding carboxylic acids is 3. The van der Waals surface area contributed by atoms with Crippen molar-refractivity contribution in [3.8, 4) is 11.4 Å². The van der Waals surface area contributed by atoms with Gasteiger partial charge in [-0.3, -0.25) is 19.7 Å². The lowest BCUT2D eigenvalue weighted by atomic mass is 9.63. The number of Topliss-reactive ketones (excluding diaryl/α,β-unsaturated/α-hetero) is 1. The number of aliphatic hydroxyl groups is 1. The minimum Gasteiger partial charge on any atom is -0.396 e. The summed E-state index contributed by atoms with van der Waals surface area (Å²) in [7, 11) is 0. The van der Waals surface area contributed by atoms with Crippen LogP contribution in [-0.4, -0.2) is 64.2 Å². The number of rotatable bonds is 3. The number of amides is 2. The maximum atomic E-state index is 13.3. The fourth-order valence-corrected chi connectivity index (χ4v) is 5.35. The third-order valence-electron chi connectivity index (χ3n) is 6.57. The highest BCUT2D eigenvalue weighted by Crippen LogP contribution is 2.48. The molecule has 3 aliphatic heterocycles. The molecule has 2 fully saturated rings. The summed E-state index contributed by atoms with van der Waals surface area (Å²) >= 11 is 0. The molecule has 1 spiro atoms. The lowest BCUT2D eigenvalue weighted by molar-refractivity contribution is -0.158. The van der Waals surface area contributed by atoms with Gasteiger partial charge in [-0.25, -0.2) is 0 Å². The molecular formula is C22H24N4O6. The van der Waals surface area contributed by atoms with Gasteiger partial charge in [0.05, 0.1) is 37.7 Å². The molecule has 2 aromatic rings. The summed E-state index contributed by atoms with van der Waals surface area (Å²) in [6.45, 7) is 4.24. The second kappa shape index (κ2) is 7.49. The maximum Gasteiger partial charge on any atom is 0.242 e.